The Labute approximate surface area is 170 Å². The van der Waals surface area contributed by atoms with Crippen molar-refractivity contribution >= 4 is 27.4 Å². The van der Waals surface area contributed by atoms with Crippen LogP contribution < -0.4 is 26.4 Å². The van der Waals surface area contributed by atoms with Crippen molar-refractivity contribution in [2.75, 3.05) is 18.2 Å². The zero-order valence-electron chi connectivity index (χ0n) is 17.4. The Hall–Kier alpha value is -1.84. The molecule has 1 aliphatic rings. The number of benzene rings is 1. The van der Waals surface area contributed by atoms with Gasteiger partial charge in [0.1, 0.15) is 17.7 Å². The third-order valence-corrected chi connectivity index (χ3v) is 4.57. The van der Waals surface area contributed by atoms with Crippen LogP contribution in [0.15, 0.2) is 28.7 Å². The highest BCUT2D eigenvalue weighted by atomic mass is 31.0. The van der Waals surface area contributed by atoms with Crippen LogP contribution in [0.4, 0.5) is 6.01 Å². The lowest BCUT2D eigenvalue weighted by Gasteiger charge is -2.14. The number of hydrogen-bond donors (Lipinski definition) is 1. The predicted octanol–water partition coefficient (Wildman–Crippen LogP) is 3.40. The molecule has 3 rings (SSSR count). The number of ether oxygens (including phenoxy) is 1. The van der Waals surface area contributed by atoms with Gasteiger partial charge in [0.15, 0.2) is 5.42 Å². The molecule has 5 nitrogen and oxygen atoms in total. The number of rotatable bonds is 8. The van der Waals surface area contributed by atoms with Gasteiger partial charge in [0, 0.05) is 0 Å². The highest BCUT2D eigenvalue weighted by Crippen LogP contribution is 2.15. The van der Waals surface area contributed by atoms with Crippen LogP contribution in [0.5, 0.6) is 5.75 Å². The van der Waals surface area contributed by atoms with Gasteiger partial charge in [0.2, 0.25) is 0 Å². The third kappa shape index (κ3) is 7.29. The average molecular weight is 404 g/mol. The van der Waals surface area contributed by atoms with Crippen LogP contribution in [0.2, 0.25) is 0 Å². The van der Waals surface area contributed by atoms with Gasteiger partial charge in [-0.1, -0.05) is 51.8 Å². The van der Waals surface area contributed by atoms with Crippen LogP contribution >= 0.6 is 9.24 Å². The smallest absolute Gasteiger partial charge is 0.313 e. The van der Waals surface area contributed by atoms with Gasteiger partial charge in [-0.2, -0.15) is 4.98 Å². The van der Waals surface area contributed by atoms with Crippen LogP contribution in [-0.4, -0.2) is 23.8 Å². The van der Waals surface area contributed by atoms with Gasteiger partial charge in [0.25, 0.3) is 0 Å². The molecule has 1 aromatic heterocycles. The fourth-order valence-electron chi connectivity index (χ4n) is 2.63. The lowest BCUT2D eigenvalue weighted by atomic mass is 10.1. The molecule has 28 heavy (non-hydrogen) atoms. The predicted molar refractivity (Wildman–Crippen MR) is 121 cm³/mol. The van der Waals surface area contributed by atoms with Crippen LogP contribution in [0.25, 0.3) is 12.2 Å². The first kappa shape index (κ1) is 22.4. The molecular formula is C22H34N3O2P. The highest BCUT2D eigenvalue weighted by molar-refractivity contribution is 7.17. The maximum atomic E-state index is 6.02. The summed E-state index contributed by atoms with van der Waals surface area (Å²) in [7, 11) is 2.82. The zero-order chi connectivity index (χ0) is 20.4. The van der Waals surface area contributed by atoms with Crippen molar-refractivity contribution in [1.29, 1.82) is 0 Å². The number of fused-ring (bicyclic) bond motifs is 1. The van der Waals surface area contributed by atoms with Crippen molar-refractivity contribution in [2.45, 2.75) is 58.5 Å². The van der Waals surface area contributed by atoms with Gasteiger partial charge in [-0.25, -0.2) is 5.84 Å². The SMILES string of the molecule is CC(P)Cc1ccc(OCCN(N)c2nc3c(o2)=CCCC=3)cc1.CCCC. The monoisotopic (exact) mass is 403 g/mol. The Bertz CT molecular complexity index is 780. The van der Waals surface area contributed by atoms with Gasteiger partial charge >= 0.3 is 6.01 Å². The Balaban J connectivity index is 0.000000640. The number of anilines is 1. The van der Waals surface area contributed by atoms with Crippen LogP contribution in [0.1, 0.15) is 52.0 Å². The van der Waals surface area contributed by atoms with Crippen molar-refractivity contribution in [3.05, 3.63) is 40.6 Å². The first-order valence-corrected chi connectivity index (χ1v) is 10.9. The van der Waals surface area contributed by atoms with Crippen LogP contribution in [0, 0.1) is 0 Å². The molecule has 0 fully saturated rings. The number of unbranched alkanes of at least 4 members (excludes halogenated alkanes) is 1. The van der Waals surface area contributed by atoms with E-state index in [9.17, 15) is 0 Å². The molecule has 0 radical (unpaired) electrons. The van der Waals surface area contributed by atoms with Gasteiger partial charge in [0.05, 0.1) is 6.54 Å². The second kappa shape index (κ2) is 11.9. The molecule has 0 saturated carbocycles. The first-order valence-electron chi connectivity index (χ1n) is 10.2. The molecule has 2 unspecified atom stereocenters. The molecule has 1 aromatic carbocycles. The zero-order valence-corrected chi connectivity index (χ0v) is 18.5. The molecular weight excluding hydrogens is 369 g/mol. The quantitative estimate of drug-likeness (QED) is 0.416. The molecule has 0 saturated heterocycles. The average Bonchev–Trinajstić information content (AvgIpc) is 3.13. The number of hydrazine groups is 1. The molecule has 2 aromatic rings. The summed E-state index contributed by atoms with van der Waals surface area (Å²) >= 11 is 0. The van der Waals surface area contributed by atoms with Crippen molar-refractivity contribution in [3.8, 4) is 5.75 Å². The van der Waals surface area contributed by atoms with E-state index in [1.165, 1.54) is 23.4 Å². The topological polar surface area (TPSA) is 64.5 Å². The number of hydrogen-bond acceptors (Lipinski definition) is 5. The fraction of sp³-hybridized carbons (Fsp3) is 0.500. The van der Waals surface area contributed by atoms with E-state index in [-0.39, 0.29) is 0 Å². The number of aromatic nitrogens is 1. The van der Waals surface area contributed by atoms with E-state index >= 15 is 0 Å². The highest BCUT2D eigenvalue weighted by Gasteiger charge is 2.10. The van der Waals surface area contributed by atoms with Gasteiger partial charge in [-0.3, -0.25) is 5.01 Å². The summed E-state index contributed by atoms with van der Waals surface area (Å²) in [5.74, 6) is 6.86. The lowest BCUT2D eigenvalue weighted by molar-refractivity contribution is 0.320. The molecule has 2 atom stereocenters. The Morgan fingerprint density at radius 3 is 2.46 bits per heavy atom. The minimum Gasteiger partial charge on any atom is -0.492 e. The Morgan fingerprint density at radius 2 is 1.86 bits per heavy atom. The second-order valence-electron chi connectivity index (χ2n) is 7.10. The summed E-state index contributed by atoms with van der Waals surface area (Å²) in [5.41, 5.74) is 2.69. The summed E-state index contributed by atoms with van der Waals surface area (Å²) in [6.07, 6.45) is 9.79. The largest absolute Gasteiger partial charge is 0.492 e. The van der Waals surface area contributed by atoms with E-state index in [1.54, 1.807) is 0 Å². The molecule has 2 N–H and O–H groups in total. The van der Waals surface area contributed by atoms with Crippen molar-refractivity contribution in [1.82, 2.24) is 4.98 Å². The van der Waals surface area contributed by atoms with Gasteiger partial charge in [-0.05, 0) is 48.7 Å². The molecule has 0 aliphatic heterocycles. The van der Waals surface area contributed by atoms with Crippen LogP contribution in [0.3, 0.4) is 0 Å². The van der Waals surface area contributed by atoms with E-state index in [2.05, 4.69) is 53.2 Å². The Morgan fingerprint density at radius 1 is 1.18 bits per heavy atom. The van der Waals surface area contributed by atoms with Gasteiger partial charge in [-0.15, -0.1) is 9.24 Å². The minimum atomic E-state index is 0.433. The van der Waals surface area contributed by atoms with Crippen molar-refractivity contribution in [2.24, 2.45) is 5.84 Å². The van der Waals surface area contributed by atoms with Crippen molar-refractivity contribution in [3.63, 3.8) is 0 Å². The molecule has 0 bridgehead atoms. The van der Waals surface area contributed by atoms with Gasteiger partial charge < -0.3 is 9.15 Å². The van der Waals surface area contributed by atoms with E-state index < -0.39 is 0 Å². The maximum absolute atomic E-state index is 6.02. The lowest BCUT2D eigenvalue weighted by Crippen LogP contribution is -2.35. The molecule has 1 aliphatic carbocycles. The fourth-order valence-corrected chi connectivity index (χ4v) is 2.90. The molecule has 1 heterocycles. The second-order valence-corrected chi connectivity index (χ2v) is 8.24. The first-order chi connectivity index (χ1) is 13.5. The standard InChI is InChI=1S/C18H24N3O2P.C4H10/c1-13(24)12-14-6-8-15(9-7-14)22-11-10-21(19)18-20-16-4-2-3-5-17(16)23-18;1-3-4-2/h4-9,13H,2-3,10-12,19,24H2,1H3;3-4H2,1-2H3. The van der Waals surface area contributed by atoms with Crippen LogP contribution in [-0.2, 0) is 6.42 Å². The molecule has 6 heteroatoms. The molecule has 154 valence electrons. The Kier molecular flexibility index (Phi) is 9.52. The van der Waals surface area contributed by atoms with E-state index in [1.807, 2.05) is 18.2 Å². The normalized spacial score (nSPS) is 13.3. The summed E-state index contributed by atoms with van der Waals surface area (Å²) in [5, 5.41) is 2.37. The molecule has 0 amide bonds. The van der Waals surface area contributed by atoms with E-state index in [0.29, 0.717) is 24.8 Å². The van der Waals surface area contributed by atoms with E-state index in [4.69, 9.17) is 15.0 Å². The molecule has 0 spiro atoms. The minimum absolute atomic E-state index is 0.433. The summed E-state index contributed by atoms with van der Waals surface area (Å²) < 4.78 is 11.4. The number of nitrogens with two attached hydrogens (primary N) is 1. The summed E-state index contributed by atoms with van der Waals surface area (Å²) in [4.78, 5) is 4.41. The number of nitrogens with zero attached hydrogens (tertiary/aromatic N) is 2. The summed E-state index contributed by atoms with van der Waals surface area (Å²) in [6, 6.07) is 8.63. The van der Waals surface area contributed by atoms with E-state index in [0.717, 1.165) is 35.8 Å². The third-order valence-electron chi connectivity index (χ3n) is 4.33. The summed E-state index contributed by atoms with van der Waals surface area (Å²) in [6.45, 7) is 7.51. The van der Waals surface area contributed by atoms with Crippen molar-refractivity contribution < 1.29 is 9.15 Å². The maximum Gasteiger partial charge on any atom is 0.313 e. The number of oxazole rings is 1.